The molecule has 1 aliphatic carbocycles. The van der Waals surface area contributed by atoms with Gasteiger partial charge >= 0.3 is 0 Å². The van der Waals surface area contributed by atoms with Crippen molar-refractivity contribution in [3.63, 3.8) is 0 Å². The zero-order valence-corrected chi connectivity index (χ0v) is 11.2. The molecule has 0 saturated heterocycles. The highest BCUT2D eigenvalue weighted by molar-refractivity contribution is 5.82. The van der Waals surface area contributed by atoms with Crippen LogP contribution in [0, 0.1) is 5.41 Å². The molecule has 1 aliphatic rings. The maximum atomic E-state index is 12.2. The molecule has 0 heterocycles. The van der Waals surface area contributed by atoms with E-state index in [9.17, 15) is 4.79 Å². The van der Waals surface area contributed by atoms with Crippen LogP contribution in [0.3, 0.4) is 0 Å². The molecule has 0 spiro atoms. The van der Waals surface area contributed by atoms with Crippen LogP contribution in [0.25, 0.3) is 0 Å². The summed E-state index contributed by atoms with van der Waals surface area (Å²) in [6.45, 7) is 2.65. The van der Waals surface area contributed by atoms with Crippen molar-refractivity contribution in [3.8, 4) is 5.75 Å². The molecule has 0 bridgehead atoms. The van der Waals surface area contributed by atoms with Crippen LogP contribution in [0.2, 0.25) is 0 Å². The monoisotopic (exact) mass is 247 g/mol. The summed E-state index contributed by atoms with van der Waals surface area (Å²) in [4.78, 5) is 12.2. The van der Waals surface area contributed by atoms with Gasteiger partial charge in [-0.15, -0.1) is 0 Å². The van der Waals surface area contributed by atoms with Gasteiger partial charge in [-0.2, -0.15) is 0 Å². The predicted molar refractivity (Wildman–Crippen MR) is 71.4 cm³/mol. The highest BCUT2D eigenvalue weighted by Gasteiger charge is 2.35. The minimum Gasteiger partial charge on any atom is -0.497 e. The number of amides is 1. The van der Waals surface area contributed by atoms with Crippen LogP contribution in [-0.4, -0.2) is 13.0 Å². The minimum atomic E-state index is -0.154. The van der Waals surface area contributed by atoms with Crippen molar-refractivity contribution in [2.24, 2.45) is 5.41 Å². The molecule has 2 rings (SSSR count). The quantitative estimate of drug-likeness (QED) is 0.888. The van der Waals surface area contributed by atoms with Crippen LogP contribution < -0.4 is 10.1 Å². The molecule has 1 saturated carbocycles. The molecule has 1 aromatic rings. The molecule has 0 unspecified atom stereocenters. The Morgan fingerprint density at radius 1 is 1.39 bits per heavy atom. The molecule has 1 aromatic carbocycles. The number of carbonyl (C=O) groups is 1. The van der Waals surface area contributed by atoms with Gasteiger partial charge in [-0.3, -0.25) is 4.79 Å². The molecular formula is C15H21NO2. The van der Waals surface area contributed by atoms with E-state index in [1.54, 1.807) is 7.11 Å². The Morgan fingerprint density at radius 3 is 2.78 bits per heavy atom. The summed E-state index contributed by atoms with van der Waals surface area (Å²) in [7, 11) is 1.65. The van der Waals surface area contributed by atoms with Crippen molar-refractivity contribution >= 4 is 5.91 Å². The number of methoxy groups -OCH3 is 1. The lowest BCUT2D eigenvalue weighted by Crippen LogP contribution is -2.36. The predicted octanol–water partition coefficient (Wildman–Crippen LogP) is 2.89. The van der Waals surface area contributed by atoms with E-state index in [0.717, 1.165) is 24.2 Å². The van der Waals surface area contributed by atoms with Gasteiger partial charge in [0.25, 0.3) is 0 Å². The summed E-state index contributed by atoms with van der Waals surface area (Å²) in [6, 6.07) is 7.80. The van der Waals surface area contributed by atoms with E-state index in [4.69, 9.17) is 4.74 Å². The zero-order chi connectivity index (χ0) is 13.0. The van der Waals surface area contributed by atoms with Gasteiger partial charge in [0.05, 0.1) is 7.11 Å². The third kappa shape index (κ3) is 2.84. The maximum Gasteiger partial charge on any atom is 0.226 e. The van der Waals surface area contributed by atoms with Gasteiger partial charge in [0.15, 0.2) is 0 Å². The molecule has 1 amide bonds. The van der Waals surface area contributed by atoms with Crippen LogP contribution in [-0.2, 0) is 11.3 Å². The van der Waals surface area contributed by atoms with Gasteiger partial charge in [0.2, 0.25) is 5.91 Å². The van der Waals surface area contributed by atoms with Crippen molar-refractivity contribution in [1.29, 1.82) is 0 Å². The van der Waals surface area contributed by atoms with Crippen LogP contribution in [0.5, 0.6) is 5.75 Å². The highest BCUT2D eigenvalue weighted by atomic mass is 16.5. The van der Waals surface area contributed by atoms with Crippen molar-refractivity contribution in [1.82, 2.24) is 5.32 Å². The van der Waals surface area contributed by atoms with E-state index in [1.165, 1.54) is 12.8 Å². The van der Waals surface area contributed by atoms with Crippen molar-refractivity contribution in [2.45, 2.75) is 39.2 Å². The molecule has 0 aliphatic heterocycles. The second-order valence-corrected chi connectivity index (χ2v) is 5.30. The molecule has 98 valence electrons. The molecular weight excluding hydrogens is 226 g/mol. The molecule has 0 radical (unpaired) electrons. The Balaban J connectivity index is 1.92. The van der Waals surface area contributed by atoms with Crippen LogP contribution in [0.4, 0.5) is 0 Å². The fourth-order valence-electron chi connectivity index (χ4n) is 2.56. The molecule has 3 nitrogen and oxygen atoms in total. The number of rotatable bonds is 4. The Labute approximate surface area is 109 Å². The van der Waals surface area contributed by atoms with Gasteiger partial charge in [0, 0.05) is 12.0 Å². The Kier molecular flexibility index (Phi) is 3.90. The first-order valence-electron chi connectivity index (χ1n) is 6.55. The molecule has 1 N–H and O–H groups in total. The number of hydrogen-bond acceptors (Lipinski definition) is 2. The van der Waals surface area contributed by atoms with Crippen LogP contribution >= 0.6 is 0 Å². The van der Waals surface area contributed by atoms with E-state index >= 15 is 0 Å². The largest absolute Gasteiger partial charge is 0.497 e. The van der Waals surface area contributed by atoms with Gasteiger partial charge in [-0.25, -0.2) is 0 Å². The standard InChI is InChI=1S/C15H21NO2/c1-15(8-3-4-9-15)14(17)16-11-12-6-5-7-13(10-12)18-2/h5-7,10H,3-4,8-9,11H2,1-2H3,(H,16,17). The van der Waals surface area contributed by atoms with E-state index in [0.29, 0.717) is 6.54 Å². The van der Waals surface area contributed by atoms with Crippen molar-refractivity contribution < 1.29 is 9.53 Å². The first-order chi connectivity index (χ1) is 8.64. The Hall–Kier alpha value is -1.51. The zero-order valence-electron chi connectivity index (χ0n) is 11.2. The van der Waals surface area contributed by atoms with E-state index in [1.807, 2.05) is 24.3 Å². The average molecular weight is 247 g/mol. The normalized spacial score (nSPS) is 17.4. The van der Waals surface area contributed by atoms with E-state index < -0.39 is 0 Å². The average Bonchev–Trinajstić information content (AvgIpc) is 2.84. The SMILES string of the molecule is COc1cccc(CNC(=O)C2(C)CCCC2)c1. The summed E-state index contributed by atoms with van der Waals surface area (Å²) in [5.74, 6) is 1.01. The van der Waals surface area contributed by atoms with Crippen LogP contribution in [0.1, 0.15) is 38.2 Å². The number of ether oxygens (including phenoxy) is 1. The molecule has 0 atom stereocenters. The van der Waals surface area contributed by atoms with Gasteiger partial charge < -0.3 is 10.1 Å². The Morgan fingerprint density at radius 2 is 2.11 bits per heavy atom. The van der Waals surface area contributed by atoms with E-state index in [2.05, 4.69) is 12.2 Å². The van der Waals surface area contributed by atoms with Crippen molar-refractivity contribution in [3.05, 3.63) is 29.8 Å². The third-order valence-electron chi connectivity index (χ3n) is 3.84. The second kappa shape index (κ2) is 5.42. The maximum absolute atomic E-state index is 12.2. The summed E-state index contributed by atoms with van der Waals surface area (Å²) < 4.78 is 5.17. The lowest BCUT2D eigenvalue weighted by atomic mass is 9.88. The number of carbonyl (C=O) groups excluding carboxylic acids is 1. The molecule has 3 heteroatoms. The first-order valence-corrected chi connectivity index (χ1v) is 6.55. The number of hydrogen-bond donors (Lipinski definition) is 1. The molecule has 18 heavy (non-hydrogen) atoms. The summed E-state index contributed by atoms with van der Waals surface area (Å²) in [5.41, 5.74) is 0.920. The second-order valence-electron chi connectivity index (χ2n) is 5.30. The Bertz CT molecular complexity index is 422. The first kappa shape index (κ1) is 12.9. The third-order valence-corrected chi connectivity index (χ3v) is 3.84. The fourth-order valence-corrected chi connectivity index (χ4v) is 2.56. The summed E-state index contributed by atoms with van der Waals surface area (Å²) >= 11 is 0. The van der Waals surface area contributed by atoms with Gasteiger partial charge in [-0.1, -0.05) is 31.9 Å². The minimum absolute atomic E-state index is 0.154. The lowest BCUT2D eigenvalue weighted by Gasteiger charge is -2.22. The fraction of sp³-hybridized carbons (Fsp3) is 0.533. The smallest absolute Gasteiger partial charge is 0.226 e. The number of benzene rings is 1. The number of nitrogens with one attached hydrogen (secondary N) is 1. The lowest BCUT2D eigenvalue weighted by molar-refractivity contribution is -0.130. The molecule has 0 aromatic heterocycles. The van der Waals surface area contributed by atoms with Crippen LogP contribution in [0.15, 0.2) is 24.3 Å². The van der Waals surface area contributed by atoms with Gasteiger partial charge in [0.1, 0.15) is 5.75 Å². The summed E-state index contributed by atoms with van der Waals surface area (Å²) in [6.07, 6.45) is 4.36. The highest BCUT2D eigenvalue weighted by Crippen LogP contribution is 2.37. The topological polar surface area (TPSA) is 38.3 Å². The molecule has 1 fully saturated rings. The van der Waals surface area contributed by atoms with Crippen molar-refractivity contribution in [2.75, 3.05) is 7.11 Å². The summed E-state index contributed by atoms with van der Waals surface area (Å²) in [5, 5.41) is 3.04. The van der Waals surface area contributed by atoms with Gasteiger partial charge in [-0.05, 0) is 30.5 Å². The van der Waals surface area contributed by atoms with E-state index in [-0.39, 0.29) is 11.3 Å².